The van der Waals surface area contributed by atoms with Gasteiger partial charge < -0.3 is 8.83 Å². The third kappa shape index (κ3) is 5.13. The third-order valence-electron chi connectivity index (χ3n) is 11.8. The monoisotopic (exact) mass is 708 g/mol. The van der Waals surface area contributed by atoms with Crippen LogP contribution < -0.4 is 0 Å². The third-order valence-corrected chi connectivity index (χ3v) is 11.8. The average molecular weight is 709 g/mol. The molecule has 0 saturated carbocycles. The van der Waals surface area contributed by atoms with Crippen molar-refractivity contribution in [2.75, 3.05) is 0 Å². The van der Waals surface area contributed by atoms with Gasteiger partial charge in [-0.15, -0.1) is 0 Å². The highest BCUT2D eigenvalue weighted by Gasteiger charge is 2.33. The molecule has 1 aliphatic heterocycles. The average Bonchev–Trinajstić information content (AvgIpc) is 3.78. The van der Waals surface area contributed by atoms with Crippen molar-refractivity contribution in [1.82, 2.24) is 0 Å². The molecule has 10 aromatic rings. The number of benzene rings is 8. The molecule has 0 radical (unpaired) electrons. The summed E-state index contributed by atoms with van der Waals surface area (Å²) in [6.07, 6.45) is 0. The van der Waals surface area contributed by atoms with Gasteiger partial charge in [0.2, 0.25) is 0 Å². The van der Waals surface area contributed by atoms with Crippen molar-refractivity contribution in [3.05, 3.63) is 180 Å². The van der Waals surface area contributed by atoms with Gasteiger partial charge in [0.15, 0.2) is 5.84 Å². The lowest BCUT2D eigenvalue weighted by Gasteiger charge is -2.26. The highest BCUT2D eigenvalue weighted by Crippen LogP contribution is 2.42. The second-order valence-electron chi connectivity index (χ2n) is 15.0. The lowest BCUT2D eigenvalue weighted by Crippen LogP contribution is -2.23. The number of nitrogens with zero attached hydrogens (tertiary/aromatic N) is 2. The molecule has 3 unspecified atom stereocenters. The van der Waals surface area contributed by atoms with Gasteiger partial charge in [-0.3, -0.25) is 4.99 Å². The van der Waals surface area contributed by atoms with Crippen LogP contribution in [0.1, 0.15) is 36.6 Å². The van der Waals surface area contributed by atoms with E-state index >= 15 is 0 Å². The Morgan fingerprint density at radius 1 is 0.473 bits per heavy atom. The van der Waals surface area contributed by atoms with Gasteiger partial charge in [0.05, 0.1) is 17.3 Å². The van der Waals surface area contributed by atoms with Crippen LogP contribution in [0.3, 0.4) is 0 Å². The quantitative estimate of drug-likeness (QED) is 0.183. The van der Waals surface area contributed by atoms with Crippen molar-refractivity contribution < 1.29 is 8.83 Å². The van der Waals surface area contributed by atoms with Crippen LogP contribution in [0, 0.1) is 11.8 Å². The molecule has 262 valence electrons. The smallest absolute Gasteiger partial charge is 0.159 e. The Morgan fingerprint density at radius 3 is 1.96 bits per heavy atom. The standard InChI is InChI=1S/C51H36N2O2/c1-30-31(2)49(41-17-10-20-46-47(41)43-29-37(25-26-45(43)54-46)36-23-21-32-11-3-5-13-34(32)27-36)53-51(52-48(30)38-24-22-33-12-4-6-14-35(33)28-38)42-18-9-16-40-39-15-7-8-19-44(39)55-50(40)42/h3-31,48H,1-2H3. The van der Waals surface area contributed by atoms with Crippen LogP contribution in [0.25, 0.3) is 76.5 Å². The largest absolute Gasteiger partial charge is 0.456 e. The molecule has 8 aromatic carbocycles. The molecular weight excluding hydrogens is 673 g/mol. The zero-order chi connectivity index (χ0) is 36.6. The van der Waals surface area contributed by atoms with E-state index in [-0.39, 0.29) is 17.9 Å². The number of hydrogen-bond donors (Lipinski definition) is 0. The van der Waals surface area contributed by atoms with E-state index < -0.39 is 0 Å². The summed E-state index contributed by atoms with van der Waals surface area (Å²) in [5, 5.41) is 9.17. The van der Waals surface area contributed by atoms with Gasteiger partial charge in [0.1, 0.15) is 22.3 Å². The van der Waals surface area contributed by atoms with Crippen molar-refractivity contribution >= 4 is 77.0 Å². The first-order valence-electron chi connectivity index (χ1n) is 19.1. The Labute approximate surface area is 318 Å². The molecule has 3 heterocycles. The van der Waals surface area contributed by atoms with E-state index in [2.05, 4.69) is 166 Å². The number of aliphatic imine (C=N–C) groups is 2. The molecule has 3 atom stereocenters. The molecule has 4 heteroatoms. The fourth-order valence-corrected chi connectivity index (χ4v) is 8.73. The number of para-hydroxylation sites is 2. The molecule has 0 aliphatic carbocycles. The molecule has 0 fully saturated rings. The van der Waals surface area contributed by atoms with Gasteiger partial charge >= 0.3 is 0 Å². The fourth-order valence-electron chi connectivity index (χ4n) is 8.73. The lowest BCUT2D eigenvalue weighted by molar-refractivity contribution is 0.406. The van der Waals surface area contributed by atoms with Gasteiger partial charge in [0, 0.05) is 33.0 Å². The highest BCUT2D eigenvalue weighted by atomic mass is 16.3. The van der Waals surface area contributed by atoms with Crippen molar-refractivity contribution in [3.8, 4) is 11.1 Å². The molecule has 0 N–H and O–H groups in total. The summed E-state index contributed by atoms with van der Waals surface area (Å²) < 4.78 is 13.2. The molecule has 0 bridgehead atoms. The maximum atomic E-state index is 6.60. The summed E-state index contributed by atoms with van der Waals surface area (Å²) in [5.74, 6) is 0.844. The molecule has 0 saturated heterocycles. The number of furan rings is 2. The number of rotatable bonds is 4. The van der Waals surface area contributed by atoms with Gasteiger partial charge in [0.25, 0.3) is 0 Å². The van der Waals surface area contributed by atoms with Gasteiger partial charge in [-0.05, 0) is 86.6 Å². The van der Waals surface area contributed by atoms with Crippen molar-refractivity contribution in [2.45, 2.75) is 19.9 Å². The minimum atomic E-state index is -0.143. The molecule has 0 amide bonds. The topological polar surface area (TPSA) is 51.0 Å². The number of hydrogen-bond acceptors (Lipinski definition) is 4. The molecule has 1 aliphatic rings. The van der Waals surface area contributed by atoms with Gasteiger partial charge in [-0.25, -0.2) is 4.99 Å². The lowest BCUT2D eigenvalue weighted by atomic mass is 9.80. The van der Waals surface area contributed by atoms with Crippen LogP contribution >= 0.6 is 0 Å². The Balaban J connectivity index is 1.13. The Bertz CT molecular complexity index is 3220. The maximum absolute atomic E-state index is 6.60. The van der Waals surface area contributed by atoms with Crippen LogP contribution in [0.5, 0.6) is 0 Å². The van der Waals surface area contributed by atoms with E-state index in [1.54, 1.807) is 0 Å². The first-order valence-corrected chi connectivity index (χ1v) is 19.1. The van der Waals surface area contributed by atoms with E-state index in [0.29, 0.717) is 5.84 Å². The van der Waals surface area contributed by atoms with E-state index in [0.717, 1.165) is 66.3 Å². The van der Waals surface area contributed by atoms with Gasteiger partial charge in [-0.2, -0.15) is 0 Å². The minimum absolute atomic E-state index is 0.0480. The summed E-state index contributed by atoms with van der Waals surface area (Å²) >= 11 is 0. The van der Waals surface area contributed by atoms with E-state index in [1.165, 1.54) is 32.7 Å². The summed E-state index contributed by atoms with van der Waals surface area (Å²) in [6.45, 7) is 4.62. The molecule has 4 nitrogen and oxygen atoms in total. The molecule has 55 heavy (non-hydrogen) atoms. The summed E-state index contributed by atoms with van der Waals surface area (Å²) in [4.78, 5) is 11.2. The zero-order valence-electron chi connectivity index (χ0n) is 30.5. The molecule has 11 rings (SSSR count). The summed E-state index contributed by atoms with van der Waals surface area (Å²) in [5.41, 5.74) is 9.81. The van der Waals surface area contributed by atoms with Gasteiger partial charge in [-0.1, -0.05) is 135 Å². The van der Waals surface area contributed by atoms with Crippen LogP contribution in [0.4, 0.5) is 0 Å². The van der Waals surface area contributed by atoms with E-state index in [1.807, 2.05) is 12.1 Å². The number of amidine groups is 1. The minimum Gasteiger partial charge on any atom is -0.456 e. The first-order chi connectivity index (χ1) is 27.1. The SMILES string of the molecule is CC1C(c2cccc3oc4ccc(-c5ccc6ccccc6c5)cc4c23)=NC(c2cccc3c2oc2ccccc23)=NC(c2ccc3ccccc3c2)C1C. The second-order valence-corrected chi connectivity index (χ2v) is 15.0. The predicted octanol–water partition coefficient (Wildman–Crippen LogP) is 13.7. The number of fused-ring (bicyclic) bond motifs is 8. The van der Waals surface area contributed by atoms with Crippen LogP contribution in [0.2, 0.25) is 0 Å². The zero-order valence-corrected chi connectivity index (χ0v) is 30.5. The Morgan fingerprint density at radius 2 is 1.11 bits per heavy atom. The van der Waals surface area contributed by atoms with E-state index in [4.69, 9.17) is 18.8 Å². The Hall–Kier alpha value is -6.78. The van der Waals surface area contributed by atoms with Crippen molar-refractivity contribution in [3.63, 3.8) is 0 Å². The molecule has 2 aromatic heterocycles. The molecular formula is C51H36N2O2. The first kappa shape index (κ1) is 31.7. The Kier molecular flexibility index (Phi) is 7.15. The summed E-state index contributed by atoms with van der Waals surface area (Å²) in [7, 11) is 0. The van der Waals surface area contributed by atoms with Crippen LogP contribution in [-0.4, -0.2) is 11.5 Å². The summed E-state index contributed by atoms with van der Waals surface area (Å²) in [6, 6.07) is 57.8. The van der Waals surface area contributed by atoms with Crippen molar-refractivity contribution in [2.24, 2.45) is 21.8 Å². The fraction of sp³-hybridized carbons (Fsp3) is 0.0980. The van der Waals surface area contributed by atoms with Crippen molar-refractivity contribution in [1.29, 1.82) is 0 Å². The van der Waals surface area contributed by atoms with Crippen LogP contribution in [0.15, 0.2) is 183 Å². The maximum Gasteiger partial charge on any atom is 0.159 e. The van der Waals surface area contributed by atoms with E-state index in [9.17, 15) is 0 Å². The molecule has 0 spiro atoms. The second kappa shape index (κ2) is 12.4. The predicted molar refractivity (Wildman–Crippen MR) is 228 cm³/mol. The van der Waals surface area contributed by atoms with Crippen LogP contribution in [-0.2, 0) is 0 Å². The normalized spacial score (nSPS) is 17.7. The highest BCUT2D eigenvalue weighted by molar-refractivity contribution is 6.24.